The van der Waals surface area contributed by atoms with Gasteiger partial charge in [0.25, 0.3) is 0 Å². The second kappa shape index (κ2) is 4.67. The van der Waals surface area contributed by atoms with Gasteiger partial charge in [0.15, 0.2) is 0 Å². The summed E-state index contributed by atoms with van der Waals surface area (Å²) in [6.45, 7) is 0.650. The summed E-state index contributed by atoms with van der Waals surface area (Å²) in [4.78, 5) is 0. The lowest BCUT2D eigenvalue weighted by molar-refractivity contribution is 0.174. The molecule has 15 heavy (non-hydrogen) atoms. The molecule has 0 unspecified atom stereocenters. The van der Waals surface area contributed by atoms with Gasteiger partial charge in [-0.25, -0.2) is 0 Å². The summed E-state index contributed by atoms with van der Waals surface area (Å²) < 4.78 is 5.72. The lowest BCUT2D eigenvalue weighted by atomic mass is 9.83. The molecule has 0 bridgehead atoms. The van der Waals surface area contributed by atoms with Gasteiger partial charge in [-0.3, -0.25) is 0 Å². The fraction of sp³-hybridized carbons (Fsp3) is 0.538. The Labute approximate surface area is 91.4 Å². The van der Waals surface area contributed by atoms with Crippen LogP contribution in [0.4, 0.5) is 0 Å². The Hall–Kier alpha value is -1.02. The van der Waals surface area contributed by atoms with Crippen LogP contribution in [0.1, 0.15) is 32.1 Å². The monoisotopic (exact) mass is 205 g/mol. The van der Waals surface area contributed by atoms with E-state index in [9.17, 15) is 0 Å². The van der Waals surface area contributed by atoms with Crippen LogP contribution in [-0.4, -0.2) is 12.1 Å². The standard InChI is InChI=1S/C13H19NO/c14-13(9-5-2-6-10-13)11-15-12-7-3-1-4-8-12/h1,3-4,7-8H,2,5-6,9-11,14H2. The minimum atomic E-state index is -0.0892. The van der Waals surface area contributed by atoms with Crippen LogP contribution >= 0.6 is 0 Å². The Kier molecular flexibility index (Phi) is 3.27. The highest BCUT2D eigenvalue weighted by atomic mass is 16.5. The van der Waals surface area contributed by atoms with Crippen molar-refractivity contribution in [1.82, 2.24) is 0 Å². The second-order valence-electron chi connectivity index (χ2n) is 4.52. The topological polar surface area (TPSA) is 35.2 Å². The number of nitrogens with two attached hydrogens (primary N) is 1. The third-order valence-corrected chi connectivity index (χ3v) is 3.12. The molecule has 1 aliphatic rings. The summed E-state index contributed by atoms with van der Waals surface area (Å²) in [6, 6.07) is 9.92. The van der Waals surface area contributed by atoms with E-state index in [2.05, 4.69) is 0 Å². The van der Waals surface area contributed by atoms with Crippen molar-refractivity contribution in [3.63, 3.8) is 0 Å². The highest BCUT2D eigenvalue weighted by Crippen LogP contribution is 2.26. The molecule has 0 atom stereocenters. The van der Waals surface area contributed by atoms with Gasteiger partial charge in [-0.1, -0.05) is 37.5 Å². The highest BCUT2D eigenvalue weighted by molar-refractivity contribution is 5.21. The molecule has 0 heterocycles. The molecule has 0 amide bonds. The molecule has 2 nitrogen and oxygen atoms in total. The van der Waals surface area contributed by atoms with Gasteiger partial charge in [0, 0.05) is 0 Å². The zero-order chi connectivity index (χ0) is 10.6. The summed E-state index contributed by atoms with van der Waals surface area (Å²) in [6.07, 6.45) is 6.01. The zero-order valence-corrected chi connectivity index (χ0v) is 9.11. The molecular formula is C13H19NO. The molecule has 2 rings (SSSR count). The van der Waals surface area contributed by atoms with Gasteiger partial charge in [-0.05, 0) is 25.0 Å². The van der Waals surface area contributed by atoms with Crippen LogP contribution in [0.25, 0.3) is 0 Å². The van der Waals surface area contributed by atoms with Crippen molar-refractivity contribution in [2.75, 3.05) is 6.61 Å². The van der Waals surface area contributed by atoms with Crippen LogP contribution in [0.5, 0.6) is 5.75 Å². The molecule has 1 saturated carbocycles. The molecular weight excluding hydrogens is 186 g/mol. The molecule has 0 spiro atoms. The molecule has 1 fully saturated rings. The van der Waals surface area contributed by atoms with Crippen LogP contribution in [0, 0.1) is 0 Å². The molecule has 1 aliphatic carbocycles. The van der Waals surface area contributed by atoms with Crippen LogP contribution in [0.2, 0.25) is 0 Å². The van der Waals surface area contributed by atoms with Crippen molar-refractivity contribution in [3.8, 4) is 5.75 Å². The van der Waals surface area contributed by atoms with Crippen molar-refractivity contribution in [2.45, 2.75) is 37.6 Å². The molecule has 2 heteroatoms. The van der Waals surface area contributed by atoms with E-state index < -0.39 is 0 Å². The molecule has 0 radical (unpaired) electrons. The number of ether oxygens (including phenoxy) is 1. The molecule has 2 N–H and O–H groups in total. The first kappa shape index (κ1) is 10.5. The van der Waals surface area contributed by atoms with E-state index in [1.54, 1.807) is 0 Å². The van der Waals surface area contributed by atoms with Crippen molar-refractivity contribution >= 4 is 0 Å². The summed E-state index contributed by atoms with van der Waals surface area (Å²) in [5.74, 6) is 0.924. The Morgan fingerprint density at radius 2 is 1.73 bits per heavy atom. The molecule has 1 aromatic rings. The first-order valence-electron chi connectivity index (χ1n) is 5.75. The molecule has 1 aromatic carbocycles. The predicted octanol–water partition coefficient (Wildman–Crippen LogP) is 2.73. The van der Waals surface area contributed by atoms with E-state index in [-0.39, 0.29) is 5.54 Å². The Balaban J connectivity index is 1.87. The third-order valence-electron chi connectivity index (χ3n) is 3.12. The van der Waals surface area contributed by atoms with Crippen LogP contribution in [-0.2, 0) is 0 Å². The van der Waals surface area contributed by atoms with Gasteiger partial charge in [0.1, 0.15) is 12.4 Å². The maximum Gasteiger partial charge on any atom is 0.119 e. The fourth-order valence-electron chi connectivity index (χ4n) is 2.14. The largest absolute Gasteiger partial charge is 0.492 e. The SMILES string of the molecule is NC1(COc2ccccc2)CCCCC1. The van der Waals surface area contributed by atoms with E-state index in [1.165, 1.54) is 19.3 Å². The maximum atomic E-state index is 6.28. The first-order valence-corrected chi connectivity index (χ1v) is 5.75. The van der Waals surface area contributed by atoms with Gasteiger partial charge in [-0.2, -0.15) is 0 Å². The highest BCUT2D eigenvalue weighted by Gasteiger charge is 2.28. The molecule has 0 saturated heterocycles. The maximum absolute atomic E-state index is 6.28. The van der Waals surface area contributed by atoms with Gasteiger partial charge in [-0.15, -0.1) is 0 Å². The van der Waals surface area contributed by atoms with Crippen molar-refractivity contribution in [3.05, 3.63) is 30.3 Å². The zero-order valence-electron chi connectivity index (χ0n) is 9.11. The quantitative estimate of drug-likeness (QED) is 0.823. The summed E-state index contributed by atoms with van der Waals surface area (Å²) in [7, 11) is 0. The molecule has 82 valence electrons. The predicted molar refractivity (Wildman–Crippen MR) is 61.9 cm³/mol. The van der Waals surface area contributed by atoms with E-state index in [0.29, 0.717) is 6.61 Å². The summed E-state index contributed by atoms with van der Waals surface area (Å²) in [5, 5.41) is 0. The normalized spacial score (nSPS) is 19.8. The van der Waals surface area contributed by atoms with Crippen LogP contribution in [0.3, 0.4) is 0 Å². The smallest absolute Gasteiger partial charge is 0.119 e. The Morgan fingerprint density at radius 1 is 1.07 bits per heavy atom. The van der Waals surface area contributed by atoms with Crippen LogP contribution < -0.4 is 10.5 Å². The van der Waals surface area contributed by atoms with Crippen molar-refractivity contribution in [2.24, 2.45) is 5.73 Å². The summed E-state index contributed by atoms with van der Waals surface area (Å²) >= 11 is 0. The van der Waals surface area contributed by atoms with E-state index in [4.69, 9.17) is 10.5 Å². The van der Waals surface area contributed by atoms with Gasteiger partial charge < -0.3 is 10.5 Å². The lowest BCUT2D eigenvalue weighted by Gasteiger charge is -2.32. The van der Waals surface area contributed by atoms with E-state index >= 15 is 0 Å². The molecule has 0 aromatic heterocycles. The first-order chi connectivity index (χ1) is 7.29. The van der Waals surface area contributed by atoms with Gasteiger partial charge in [0.05, 0.1) is 5.54 Å². The minimum absolute atomic E-state index is 0.0892. The average molecular weight is 205 g/mol. The fourth-order valence-corrected chi connectivity index (χ4v) is 2.14. The number of rotatable bonds is 3. The van der Waals surface area contributed by atoms with Gasteiger partial charge >= 0.3 is 0 Å². The Morgan fingerprint density at radius 3 is 2.40 bits per heavy atom. The minimum Gasteiger partial charge on any atom is -0.492 e. The number of hydrogen-bond donors (Lipinski definition) is 1. The molecule has 0 aliphatic heterocycles. The Bertz CT molecular complexity index is 291. The summed E-state index contributed by atoms with van der Waals surface area (Å²) in [5.41, 5.74) is 6.19. The lowest BCUT2D eigenvalue weighted by Crippen LogP contribution is -2.47. The average Bonchev–Trinajstić information content (AvgIpc) is 2.29. The van der Waals surface area contributed by atoms with Crippen molar-refractivity contribution in [1.29, 1.82) is 0 Å². The van der Waals surface area contributed by atoms with Crippen LogP contribution in [0.15, 0.2) is 30.3 Å². The third kappa shape index (κ3) is 2.96. The number of hydrogen-bond acceptors (Lipinski definition) is 2. The second-order valence-corrected chi connectivity index (χ2v) is 4.52. The van der Waals surface area contributed by atoms with E-state index in [0.717, 1.165) is 18.6 Å². The van der Waals surface area contributed by atoms with Gasteiger partial charge in [0.2, 0.25) is 0 Å². The number of para-hydroxylation sites is 1. The van der Waals surface area contributed by atoms with Crippen molar-refractivity contribution < 1.29 is 4.74 Å². The number of benzene rings is 1. The van der Waals surface area contributed by atoms with E-state index in [1.807, 2.05) is 30.3 Å².